The Morgan fingerprint density at radius 3 is 2.48 bits per heavy atom. The zero-order chi connectivity index (χ0) is 17.6. The smallest absolute Gasteiger partial charge is 0.220 e. The second kappa shape index (κ2) is 12.9. The van der Waals surface area contributed by atoms with E-state index < -0.39 is 0 Å². The number of ether oxygens (including phenoxy) is 2. The topological polar surface area (TPSA) is 113 Å². The van der Waals surface area contributed by atoms with E-state index in [1.54, 1.807) is 0 Å². The zero-order valence-corrected chi connectivity index (χ0v) is 14.3. The van der Waals surface area contributed by atoms with E-state index in [9.17, 15) is 9.59 Å². The van der Waals surface area contributed by atoms with Gasteiger partial charge in [-0.05, 0) is 18.4 Å². The van der Waals surface area contributed by atoms with Crippen molar-refractivity contribution in [1.82, 2.24) is 5.32 Å². The van der Waals surface area contributed by atoms with Gasteiger partial charge >= 0.3 is 0 Å². The number of hydrogen-bond donors (Lipinski definition) is 1. The van der Waals surface area contributed by atoms with Crippen LogP contribution in [0.15, 0.2) is 5.11 Å². The fraction of sp³-hybridized carbons (Fsp3) is 0.867. The summed E-state index contributed by atoms with van der Waals surface area (Å²) in [5, 5.41) is 6.14. The predicted molar refractivity (Wildman–Crippen MR) is 87.0 cm³/mol. The summed E-state index contributed by atoms with van der Waals surface area (Å²) >= 11 is 0. The van der Waals surface area contributed by atoms with Gasteiger partial charge in [0.05, 0.1) is 19.8 Å². The number of Topliss-reactive ketones (excluding diaryl/α,β-unsaturated/α-hetero) is 1. The first-order chi connectivity index (χ1) is 10.9. The average Bonchev–Trinajstić information content (AvgIpc) is 2.48. The van der Waals surface area contributed by atoms with Crippen molar-refractivity contribution in [3.05, 3.63) is 10.4 Å². The van der Waals surface area contributed by atoms with Gasteiger partial charge in [-0.1, -0.05) is 25.9 Å². The molecule has 0 aromatic carbocycles. The van der Waals surface area contributed by atoms with Crippen LogP contribution in [0, 0.1) is 5.41 Å². The van der Waals surface area contributed by atoms with Crippen molar-refractivity contribution in [2.75, 3.05) is 39.5 Å². The molecule has 8 heteroatoms. The lowest BCUT2D eigenvalue weighted by Gasteiger charge is -2.16. The number of hydrogen-bond acceptors (Lipinski definition) is 5. The van der Waals surface area contributed by atoms with Gasteiger partial charge in [-0.15, -0.1) is 0 Å². The van der Waals surface area contributed by atoms with E-state index in [2.05, 4.69) is 15.3 Å². The molecule has 0 heterocycles. The molecular weight excluding hydrogens is 300 g/mol. The molecule has 8 nitrogen and oxygen atoms in total. The third-order valence-corrected chi connectivity index (χ3v) is 2.99. The first kappa shape index (κ1) is 21.4. The Kier molecular flexibility index (Phi) is 12.0. The van der Waals surface area contributed by atoms with Gasteiger partial charge in [-0.25, -0.2) is 0 Å². The molecule has 0 atom stereocenters. The van der Waals surface area contributed by atoms with Crippen LogP contribution in [0.4, 0.5) is 0 Å². The maximum atomic E-state index is 11.6. The second-order valence-corrected chi connectivity index (χ2v) is 6.10. The third-order valence-electron chi connectivity index (χ3n) is 2.99. The lowest BCUT2D eigenvalue weighted by molar-refractivity contribution is -0.131. The SMILES string of the molecule is CC(C)(C)C(=O)COCCOCCNC(=O)CCCCN=[N+]=[N-]. The van der Waals surface area contributed by atoms with Crippen LogP contribution in [-0.4, -0.2) is 51.2 Å². The van der Waals surface area contributed by atoms with Crippen LogP contribution >= 0.6 is 0 Å². The van der Waals surface area contributed by atoms with Crippen molar-refractivity contribution in [2.24, 2.45) is 10.5 Å². The fourth-order valence-electron chi connectivity index (χ4n) is 1.47. The van der Waals surface area contributed by atoms with Gasteiger partial charge in [-0.3, -0.25) is 9.59 Å². The first-order valence-electron chi connectivity index (χ1n) is 7.84. The lowest BCUT2D eigenvalue weighted by Crippen LogP contribution is -2.28. The molecular formula is C15H28N4O4. The van der Waals surface area contributed by atoms with Crippen LogP contribution in [0.2, 0.25) is 0 Å². The Balaban J connectivity index is 3.37. The highest BCUT2D eigenvalue weighted by atomic mass is 16.5. The largest absolute Gasteiger partial charge is 0.377 e. The Hall–Kier alpha value is -1.63. The summed E-state index contributed by atoms with van der Waals surface area (Å²) in [6.07, 6.45) is 1.82. The molecule has 0 fully saturated rings. The van der Waals surface area contributed by atoms with Crippen LogP contribution in [0.25, 0.3) is 10.4 Å². The van der Waals surface area contributed by atoms with E-state index in [1.807, 2.05) is 20.8 Å². The minimum Gasteiger partial charge on any atom is -0.377 e. The zero-order valence-electron chi connectivity index (χ0n) is 14.3. The van der Waals surface area contributed by atoms with Crippen molar-refractivity contribution < 1.29 is 19.1 Å². The molecule has 0 rings (SSSR count). The predicted octanol–water partition coefficient (Wildman–Crippen LogP) is 2.23. The van der Waals surface area contributed by atoms with Crippen LogP contribution < -0.4 is 5.32 Å². The van der Waals surface area contributed by atoms with E-state index in [1.165, 1.54) is 0 Å². The molecule has 0 radical (unpaired) electrons. The lowest BCUT2D eigenvalue weighted by atomic mass is 9.91. The minimum absolute atomic E-state index is 0.0402. The van der Waals surface area contributed by atoms with Crippen LogP contribution in [0.1, 0.15) is 40.0 Å². The van der Waals surface area contributed by atoms with Crippen LogP contribution in [0.3, 0.4) is 0 Å². The molecule has 0 saturated heterocycles. The molecule has 0 unspecified atom stereocenters. The summed E-state index contributed by atoms with van der Waals surface area (Å²) in [5.41, 5.74) is 7.71. The van der Waals surface area contributed by atoms with Gasteiger partial charge in [0.1, 0.15) is 6.61 Å². The van der Waals surface area contributed by atoms with Crippen molar-refractivity contribution in [2.45, 2.75) is 40.0 Å². The number of nitrogens with one attached hydrogen (secondary N) is 1. The molecule has 0 bridgehead atoms. The number of carbonyl (C=O) groups is 2. The summed E-state index contributed by atoms with van der Waals surface area (Å²) in [6.45, 7) is 7.67. The van der Waals surface area contributed by atoms with Gasteiger partial charge in [0, 0.05) is 29.8 Å². The number of rotatable bonds is 13. The van der Waals surface area contributed by atoms with E-state index >= 15 is 0 Å². The summed E-state index contributed by atoms with van der Waals surface area (Å²) < 4.78 is 10.5. The van der Waals surface area contributed by atoms with Crippen molar-refractivity contribution in [3.63, 3.8) is 0 Å². The molecule has 0 saturated carbocycles. The second-order valence-electron chi connectivity index (χ2n) is 6.10. The van der Waals surface area contributed by atoms with Gasteiger partial charge in [0.15, 0.2) is 5.78 Å². The standard InChI is InChI=1S/C15H28N4O4/c1-15(2,3)13(20)12-23-11-10-22-9-8-17-14(21)6-4-5-7-18-19-16/h4-12H2,1-3H3,(H,17,21). The van der Waals surface area contributed by atoms with Gasteiger partial charge in [0.25, 0.3) is 0 Å². The quantitative estimate of drug-likeness (QED) is 0.242. The Morgan fingerprint density at radius 1 is 1.13 bits per heavy atom. The molecule has 0 aliphatic heterocycles. The Morgan fingerprint density at radius 2 is 1.83 bits per heavy atom. The normalized spacial score (nSPS) is 10.9. The maximum Gasteiger partial charge on any atom is 0.220 e. The fourth-order valence-corrected chi connectivity index (χ4v) is 1.47. The average molecular weight is 328 g/mol. The number of carbonyl (C=O) groups excluding carboxylic acids is 2. The maximum absolute atomic E-state index is 11.6. The summed E-state index contributed by atoms with van der Waals surface area (Å²) in [7, 11) is 0. The number of ketones is 1. The number of unbranched alkanes of at least 4 members (excludes halogenated alkanes) is 1. The van der Waals surface area contributed by atoms with E-state index in [4.69, 9.17) is 15.0 Å². The van der Waals surface area contributed by atoms with Gasteiger partial charge < -0.3 is 14.8 Å². The van der Waals surface area contributed by atoms with E-state index in [-0.39, 0.29) is 23.7 Å². The number of azide groups is 1. The van der Waals surface area contributed by atoms with Gasteiger partial charge in [0.2, 0.25) is 5.91 Å². The Labute approximate surface area is 137 Å². The molecule has 0 aliphatic carbocycles. The molecule has 0 spiro atoms. The molecule has 132 valence electrons. The van der Waals surface area contributed by atoms with Crippen LogP contribution in [0.5, 0.6) is 0 Å². The molecule has 0 aromatic rings. The first-order valence-corrected chi connectivity index (χ1v) is 7.84. The van der Waals surface area contributed by atoms with E-state index in [0.717, 1.165) is 0 Å². The summed E-state index contributed by atoms with van der Waals surface area (Å²) in [6, 6.07) is 0. The molecule has 23 heavy (non-hydrogen) atoms. The minimum atomic E-state index is -0.383. The third kappa shape index (κ3) is 13.7. The van der Waals surface area contributed by atoms with Crippen molar-refractivity contribution in [1.29, 1.82) is 0 Å². The Bertz CT molecular complexity index is 401. The number of nitrogens with zero attached hydrogens (tertiary/aromatic N) is 3. The summed E-state index contributed by atoms with van der Waals surface area (Å²) in [5.74, 6) is 0.0202. The van der Waals surface area contributed by atoms with Crippen LogP contribution in [-0.2, 0) is 19.1 Å². The highest BCUT2D eigenvalue weighted by Gasteiger charge is 2.20. The van der Waals surface area contributed by atoms with Crippen molar-refractivity contribution >= 4 is 11.7 Å². The number of amides is 1. The monoisotopic (exact) mass is 328 g/mol. The van der Waals surface area contributed by atoms with E-state index in [0.29, 0.717) is 52.2 Å². The molecule has 0 aromatic heterocycles. The molecule has 1 amide bonds. The highest BCUT2D eigenvalue weighted by Crippen LogP contribution is 2.14. The summed E-state index contributed by atoms with van der Waals surface area (Å²) in [4.78, 5) is 25.7. The molecule has 1 N–H and O–H groups in total. The molecule has 0 aliphatic rings. The highest BCUT2D eigenvalue weighted by molar-refractivity contribution is 5.84. The van der Waals surface area contributed by atoms with Crippen molar-refractivity contribution in [3.8, 4) is 0 Å². The van der Waals surface area contributed by atoms with Gasteiger partial charge in [-0.2, -0.15) is 0 Å².